The molecule has 0 spiro atoms. The lowest BCUT2D eigenvalue weighted by molar-refractivity contribution is 0.0342. The number of ether oxygens (including phenoxy) is 2. The van der Waals surface area contributed by atoms with Gasteiger partial charge in [0, 0.05) is 51.3 Å². The zero-order valence-electron chi connectivity index (χ0n) is 18.6. The monoisotopic (exact) mass is 432 g/mol. The molecule has 32 heavy (non-hydrogen) atoms. The maximum Gasteiger partial charge on any atom is 0.183 e. The molecule has 0 aliphatic carbocycles. The van der Waals surface area contributed by atoms with Crippen LogP contribution < -0.4 is 0 Å². The fraction of sp³-hybridized carbons (Fsp3) is 0.417. The number of morpholine rings is 1. The van der Waals surface area contributed by atoms with Crippen molar-refractivity contribution in [3.05, 3.63) is 53.5 Å². The van der Waals surface area contributed by atoms with Gasteiger partial charge in [-0.1, -0.05) is 6.07 Å². The topological polar surface area (TPSA) is 77.7 Å². The largest absolute Gasteiger partial charge is 0.385 e. The molecule has 166 valence electrons. The van der Waals surface area contributed by atoms with Crippen molar-refractivity contribution in [1.82, 2.24) is 29.5 Å². The molecule has 4 aromatic rings. The summed E-state index contributed by atoms with van der Waals surface area (Å²) in [7, 11) is 1.73. The molecule has 0 atom stereocenters. The average Bonchev–Trinajstić information content (AvgIpc) is 3.27. The van der Waals surface area contributed by atoms with Gasteiger partial charge in [-0.25, -0.2) is 4.98 Å². The predicted octanol–water partition coefficient (Wildman–Crippen LogP) is 3.06. The van der Waals surface area contributed by atoms with Crippen LogP contribution in [-0.2, 0) is 22.4 Å². The minimum absolute atomic E-state index is 0.736. The Labute approximate surface area is 187 Å². The lowest BCUT2D eigenvalue weighted by Gasteiger charge is -2.26. The number of hydrogen-bond acceptors (Lipinski definition) is 7. The van der Waals surface area contributed by atoms with Gasteiger partial charge in [0.05, 0.1) is 29.9 Å². The van der Waals surface area contributed by atoms with Gasteiger partial charge in [0.25, 0.3) is 0 Å². The third-order valence-corrected chi connectivity index (χ3v) is 5.93. The van der Waals surface area contributed by atoms with Crippen LogP contribution in [0, 0.1) is 6.92 Å². The Balaban J connectivity index is 1.57. The third kappa shape index (κ3) is 4.21. The second-order valence-electron chi connectivity index (χ2n) is 8.27. The van der Waals surface area contributed by atoms with Crippen LogP contribution in [0.5, 0.6) is 0 Å². The maximum absolute atomic E-state index is 5.49. The Morgan fingerprint density at radius 2 is 1.94 bits per heavy atom. The number of pyridine rings is 1. The smallest absolute Gasteiger partial charge is 0.183 e. The molecule has 0 N–H and O–H groups in total. The van der Waals surface area contributed by atoms with E-state index in [1.165, 1.54) is 11.1 Å². The van der Waals surface area contributed by atoms with Crippen molar-refractivity contribution in [1.29, 1.82) is 0 Å². The lowest BCUT2D eigenvalue weighted by atomic mass is 10.1. The number of methoxy groups -OCH3 is 1. The molecule has 1 saturated heterocycles. The number of aryl methyl sites for hydroxylation is 2. The van der Waals surface area contributed by atoms with Crippen molar-refractivity contribution >= 4 is 16.7 Å². The van der Waals surface area contributed by atoms with Crippen LogP contribution in [0.4, 0.5) is 0 Å². The Bertz CT molecular complexity index is 1230. The molecule has 0 unspecified atom stereocenters. The quantitative estimate of drug-likeness (QED) is 0.415. The van der Waals surface area contributed by atoms with Crippen molar-refractivity contribution < 1.29 is 9.47 Å². The van der Waals surface area contributed by atoms with Gasteiger partial charge in [-0.15, -0.1) is 10.2 Å². The van der Waals surface area contributed by atoms with Crippen molar-refractivity contribution in [2.24, 2.45) is 0 Å². The van der Waals surface area contributed by atoms with Crippen molar-refractivity contribution in [2.75, 3.05) is 40.0 Å². The number of nitrogens with zero attached hydrogens (tertiary/aromatic N) is 6. The molecule has 4 heterocycles. The number of benzene rings is 1. The molecule has 8 nitrogen and oxygen atoms in total. The van der Waals surface area contributed by atoms with Gasteiger partial charge >= 0.3 is 0 Å². The van der Waals surface area contributed by atoms with Gasteiger partial charge in [-0.05, 0) is 49.1 Å². The number of aromatic nitrogens is 5. The highest BCUT2D eigenvalue weighted by atomic mass is 16.5. The highest BCUT2D eigenvalue weighted by Gasteiger charge is 2.17. The summed E-state index contributed by atoms with van der Waals surface area (Å²) in [6, 6.07) is 8.63. The Morgan fingerprint density at radius 1 is 1.06 bits per heavy atom. The summed E-state index contributed by atoms with van der Waals surface area (Å²) in [6.07, 6.45) is 5.64. The lowest BCUT2D eigenvalue weighted by Crippen LogP contribution is -2.35. The average molecular weight is 433 g/mol. The van der Waals surface area contributed by atoms with Gasteiger partial charge in [-0.2, -0.15) is 0 Å². The molecule has 0 amide bonds. The zero-order chi connectivity index (χ0) is 21.9. The normalized spacial score (nSPS) is 15.1. The summed E-state index contributed by atoms with van der Waals surface area (Å²) in [5, 5.41) is 9.01. The summed E-state index contributed by atoms with van der Waals surface area (Å²) in [5.74, 6) is 0.792. The fourth-order valence-electron chi connectivity index (χ4n) is 4.29. The van der Waals surface area contributed by atoms with E-state index in [1.54, 1.807) is 7.11 Å². The highest BCUT2D eigenvalue weighted by molar-refractivity contribution is 5.81. The fourth-order valence-corrected chi connectivity index (χ4v) is 4.29. The van der Waals surface area contributed by atoms with Gasteiger partial charge in [0.1, 0.15) is 0 Å². The van der Waals surface area contributed by atoms with Crippen LogP contribution in [0.3, 0.4) is 0 Å². The first-order valence-electron chi connectivity index (χ1n) is 11.1. The van der Waals surface area contributed by atoms with E-state index in [9.17, 15) is 0 Å². The van der Waals surface area contributed by atoms with E-state index < -0.39 is 0 Å². The third-order valence-electron chi connectivity index (χ3n) is 5.93. The minimum atomic E-state index is 0.736. The molecule has 1 fully saturated rings. The molecule has 0 bridgehead atoms. The van der Waals surface area contributed by atoms with E-state index in [2.05, 4.69) is 48.7 Å². The SMILES string of the molecule is COCCCc1cncc(-c2nnc3c(C)nc4ccc(CN5CCOCC5)cc4n23)c1. The molecule has 3 aromatic heterocycles. The summed E-state index contributed by atoms with van der Waals surface area (Å²) < 4.78 is 12.8. The zero-order valence-corrected chi connectivity index (χ0v) is 18.6. The van der Waals surface area contributed by atoms with Crippen LogP contribution in [-0.4, -0.2) is 69.5 Å². The first kappa shape index (κ1) is 20.9. The molecule has 0 radical (unpaired) electrons. The Morgan fingerprint density at radius 3 is 2.78 bits per heavy atom. The van der Waals surface area contributed by atoms with Gasteiger partial charge < -0.3 is 9.47 Å². The van der Waals surface area contributed by atoms with Gasteiger partial charge in [0.15, 0.2) is 11.5 Å². The van der Waals surface area contributed by atoms with Crippen LogP contribution in [0.1, 0.15) is 23.2 Å². The van der Waals surface area contributed by atoms with E-state index in [0.717, 1.165) is 86.1 Å². The van der Waals surface area contributed by atoms with Gasteiger partial charge in [-0.3, -0.25) is 14.3 Å². The molecule has 8 heteroatoms. The summed E-state index contributed by atoms with van der Waals surface area (Å²) in [6.45, 7) is 7.11. The first-order valence-corrected chi connectivity index (χ1v) is 11.1. The number of hydrogen-bond donors (Lipinski definition) is 0. The van der Waals surface area contributed by atoms with E-state index in [1.807, 2.05) is 19.3 Å². The molecule has 5 rings (SSSR count). The summed E-state index contributed by atoms with van der Waals surface area (Å²) >= 11 is 0. The van der Waals surface area contributed by atoms with E-state index >= 15 is 0 Å². The molecular weight excluding hydrogens is 404 g/mol. The Kier molecular flexibility index (Phi) is 6.07. The van der Waals surface area contributed by atoms with Crippen LogP contribution >= 0.6 is 0 Å². The Hall–Kier alpha value is -2.94. The van der Waals surface area contributed by atoms with E-state index in [0.29, 0.717) is 0 Å². The van der Waals surface area contributed by atoms with Crippen LogP contribution in [0.25, 0.3) is 28.1 Å². The summed E-state index contributed by atoms with van der Waals surface area (Å²) in [4.78, 5) is 11.7. The molecule has 1 aliphatic heterocycles. The maximum atomic E-state index is 5.49. The molecular formula is C24H28N6O2. The summed E-state index contributed by atoms with van der Waals surface area (Å²) in [5.41, 5.74) is 6.96. The van der Waals surface area contributed by atoms with Crippen molar-refractivity contribution in [2.45, 2.75) is 26.3 Å². The van der Waals surface area contributed by atoms with Gasteiger partial charge in [0.2, 0.25) is 0 Å². The van der Waals surface area contributed by atoms with E-state index in [4.69, 9.17) is 14.5 Å². The van der Waals surface area contributed by atoms with Crippen molar-refractivity contribution in [3.63, 3.8) is 0 Å². The molecule has 1 aromatic carbocycles. The first-order chi connectivity index (χ1) is 15.7. The second-order valence-corrected chi connectivity index (χ2v) is 8.27. The molecule has 0 saturated carbocycles. The van der Waals surface area contributed by atoms with Crippen LogP contribution in [0.2, 0.25) is 0 Å². The molecule has 1 aliphatic rings. The second kappa shape index (κ2) is 9.28. The predicted molar refractivity (Wildman–Crippen MR) is 123 cm³/mol. The number of rotatable bonds is 7. The highest BCUT2D eigenvalue weighted by Crippen LogP contribution is 2.26. The van der Waals surface area contributed by atoms with E-state index in [-0.39, 0.29) is 0 Å². The van der Waals surface area contributed by atoms with Crippen molar-refractivity contribution in [3.8, 4) is 11.4 Å². The standard InChI is InChI=1S/C24H28N6O2/c1-17-23-27-28-24(20-12-18(14-25-15-20)4-3-9-31-2)30(23)22-13-19(5-6-21(22)26-17)16-29-7-10-32-11-8-29/h5-6,12-15H,3-4,7-11,16H2,1-2H3. The number of fused-ring (bicyclic) bond motifs is 3. The minimum Gasteiger partial charge on any atom is -0.385 e. The van der Waals surface area contributed by atoms with Crippen LogP contribution in [0.15, 0.2) is 36.7 Å².